The predicted molar refractivity (Wildman–Crippen MR) is 88.6 cm³/mol. The molecule has 1 aromatic carbocycles. The fourth-order valence-corrected chi connectivity index (χ4v) is 3.36. The number of aromatic nitrogens is 2. The molecule has 2 heterocycles. The molecule has 0 radical (unpaired) electrons. The number of halogens is 1. The summed E-state index contributed by atoms with van der Waals surface area (Å²) in [6.07, 6.45) is 3.61. The van der Waals surface area contributed by atoms with Crippen molar-refractivity contribution in [2.24, 2.45) is 0 Å². The van der Waals surface area contributed by atoms with Crippen molar-refractivity contribution in [3.05, 3.63) is 47.5 Å². The quantitative estimate of drug-likeness (QED) is 0.937. The summed E-state index contributed by atoms with van der Waals surface area (Å²) in [5.74, 6) is -0.359. The van der Waals surface area contributed by atoms with Gasteiger partial charge in [-0.2, -0.15) is 5.10 Å². The van der Waals surface area contributed by atoms with Gasteiger partial charge in [0.1, 0.15) is 5.82 Å². The zero-order valence-corrected chi connectivity index (χ0v) is 13.9. The normalized spacial score (nSPS) is 18.8. The van der Waals surface area contributed by atoms with Gasteiger partial charge in [0.25, 0.3) is 5.91 Å². The minimum atomic E-state index is -0.425. The highest BCUT2D eigenvalue weighted by atomic mass is 19.1. The maximum atomic E-state index is 13.1. The summed E-state index contributed by atoms with van der Waals surface area (Å²) in [5.41, 5.74) is 2.00. The summed E-state index contributed by atoms with van der Waals surface area (Å²) in [4.78, 5) is 14.7. The Bertz CT molecular complexity index is 724. The van der Waals surface area contributed by atoms with E-state index >= 15 is 0 Å². The van der Waals surface area contributed by atoms with Crippen LogP contribution in [0.5, 0.6) is 0 Å². The first-order valence-electron chi connectivity index (χ1n) is 8.27. The number of rotatable bonds is 4. The van der Waals surface area contributed by atoms with Crippen molar-refractivity contribution in [3.8, 4) is 5.69 Å². The van der Waals surface area contributed by atoms with Crippen LogP contribution >= 0.6 is 0 Å². The van der Waals surface area contributed by atoms with E-state index in [0.29, 0.717) is 18.5 Å². The first-order chi connectivity index (χ1) is 11.5. The number of amides is 1. The van der Waals surface area contributed by atoms with Gasteiger partial charge in [0.2, 0.25) is 0 Å². The Kier molecular flexibility index (Phi) is 4.66. The molecule has 128 valence electrons. The molecule has 3 rings (SSSR count). The molecule has 24 heavy (non-hydrogen) atoms. The van der Waals surface area contributed by atoms with Crippen LogP contribution in [0.4, 0.5) is 4.39 Å². The Morgan fingerprint density at radius 1 is 1.42 bits per heavy atom. The Morgan fingerprint density at radius 2 is 2.12 bits per heavy atom. The van der Waals surface area contributed by atoms with Crippen molar-refractivity contribution >= 4 is 5.91 Å². The van der Waals surface area contributed by atoms with Crippen molar-refractivity contribution in [2.45, 2.75) is 45.3 Å². The molecule has 1 aromatic heterocycles. The summed E-state index contributed by atoms with van der Waals surface area (Å²) < 4.78 is 14.7. The van der Waals surface area contributed by atoms with Crippen molar-refractivity contribution in [3.63, 3.8) is 0 Å². The van der Waals surface area contributed by atoms with Gasteiger partial charge in [0.05, 0.1) is 29.2 Å². The monoisotopic (exact) mass is 331 g/mol. The van der Waals surface area contributed by atoms with Crippen molar-refractivity contribution in [1.82, 2.24) is 14.7 Å². The zero-order valence-electron chi connectivity index (χ0n) is 13.9. The Balaban J connectivity index is 1.85. The number of hydrogen-bond acceptors (Lipinski definition) is 3. The third-order valence-corrected chi connectivity index (χ3v) is 4.56. The molecule has 0 saturated carbocycles. The fourth-order valence-electron chi connectivity index (χ4n) is 3.36. The van der Waals surface area contributed by atoms with E-state index in [2.05, 4.69) is 5.10 Å². The minimum absolute atomic E-state index is 0.0518. The second-order valence-electron chi connectivity index (χ2n) is 6.41. The lowest BCUT2D eigenvalue weighted by atomic mass is 10.1. The van der Waals surface area contributed by atoms with Crippen LogP contribution in [0, 0.1) is 12.7 Å². The van der Waals surface area contributed by atoms with E-state index in [1.165, 1.54) is 12.1 Å². The summed E-state index contributed by atoms with van der Waals surface area (Å²) >= 11 is 0. The zero-order chi connectivity index (χ0) is 17.3. The SMILES string of the molecule is Cc1c(C(=O)N2CCCC2CC(C)O)cnn1-c1ccc(F)cc1. The Labute approximate surface area is 140 Å². The highest BCUT2D eigenvalue weighted by molar-refractivity contribution is 5.95. The lowest BCUT2D eigenvalue weighted by Crippen LogP contribution is -2.37. The summed E-state index contributed by atoms with van der Waals surface area (Å²) in [7, 11) is 0. The number of carbonyl (C=O) groups is 1. The van der Waals surface area contributed by atoms with Crippen LogP contribution in [0.15, 0.2) is 30.5 Å². The smallest absolute Gasteiger partial charge is 0.257 e. The van der Waals surface area contributed by atoms with Gasteiger partial charge in [0.15, 0.2) is 0 Å². The van der Waals surface area contributed by atoms with Crippen LogP contribution in [-0.4, -0.2) is 44.4 Å². The molecule has 1 amide bonds. The van der Waals surface area contributed by atoms with E-state index < -0.39 is 6.10 Å². The molecule has 0 bridgehead atoms. The first kappa shape index (κ1) is 16.6. The molecule has 1 N–H and O–H groups in total. The molecule has 1 aliphatic rings. The third kappa shape index (κ3) is 3.19. The first-order valence-corrected chi connectivity index (χ1v) is 8.27. The van der Waals surface area contributed by atoms with Crippen molar-refractivity contribution < 1.29 is 14.3 Å². The maximum Gasteiger partial charge on any atom is 0.257 e. The van der Waals surface area contributed by atoms with Gasteiger partial charge in [-0.1, -0.05) is 0 Å². The Hall–Kier alpha value is -2.21. The highest BCUT2D eigenvalue weighted by Crippen LogP contribution is 2.25. The average molecular weight is 331 g/mol. The predicted octanol–water partition coefficient (Wildman–Crippen LogP) is 2.70. The van der Waals surface area contributed by atoms with E-state index in [1.54, 1.807) is 29.9 Å². The van der Waals surface area contributed by atoms with Gasteiger partial charge in [-0.15, -0.1) is 0 Å². The topological polar surface area (TPSA) is 58.4 Å². The average Bonchev–Trinajstić information content (AvgIpc) is 3.14. The number of nitrogens with zero attached hydrogens (tertiary/aromatic N) is 3. The van der Waals surface area contributed by atoms with E-state index in [4.69, 9.17) is 0 Å². The van der Waals surface area contributed by atoms with Crippen LogP contribution in [0.25, 0.3) is 5.69 Å². The number of benzene rings is 1. The van der Waals surface area contributed by atoms with Crippen molar-refractivity contribution in [2.75, 3.05) is 6.54 Å². The second kappa shape index (κ2) is 6.73. The van der Waals surface area contributed by atoms with E-state index in [1.807, 2.05) is 11.8 Å². The van der Waals surface area contributed by atoms with E-state index in [0.717, 1.165) is 24.2 Å². The fraction of sp³-hybridized carbons (Fsp3) is 0.444. The number of carbonyl (C=O) groups excluding carboxylic acids is 1. The number of hydrogen-bond donors (Lipinski definition) is 1. The molecule has 0 aliphatic carbocycles. The molecule has 2 unspecified atom stereocenters. The Morgan fingerprint density at radius 3 is 2.79 bits per heavy atom. The molecule has 5 nitrogen and oxygen atoms in total. The van der Waals surface area contributed by atoms with Gasteiger partial charge >= 0.3 is 0 Å². The number of likely N-dealkylation sites (tertiary alicyclic amines) is 1. The van der Waals surface area contributed by atoms with E-state index in [9.17, 15) is 14.3 Å². The molecule has 1 aliphatic heterocycles. The van der Waals surface area contributed by atoms with Gasteiger partial charge in [-0.3, -0.25) is 4.79 Å². The molecular formula is C18H22FN3O2. The van der Waals surface area contributed by atoms with Crippen LogP contribution in [0.2, 0.25) is 0 Å². The van der Waals surface area contributed by atoms with Gasteiger partial charge in [-0.05, 0) is 57.4 Å². The largest absolute Gasteiger partial charge is 0.393 e. The molecule has 2 aromatic rings. The number of aliphatic hydroxyl groups is 1. The summed E-state index contributed by atoms with van der Waals surface area (Å²) in [5, 5.41) is 13.9. The van der Waals surface area contributed by atoms with Crippen molar-refractivity contribution in [1.29, 1.82) is 0 Å². The van der Waals surface area contributed by atoms with Gasteiger partial charge < -0.3 is 10.0 Å². The van der Waals surface area contributed by atoms with Crippen LogP contribution < -0.4 is 0 Å². The summed E-state index contributed by atoms with van der Waals surface area (Å²) in [6, 6.07) is 6.09. The van der Waals surface area contributed by atoms with Gasteiger partial charge in [0, 0.05) is 12.6 Å². The van der Waals surface area contributed by atoms with Gasteiger partial charge in [-0.25, -0.2) is 9.07 Å². The lowest BCUT2D eigenvalue weighted by Gasteiger charge is -2.25. The van der Waals surface area contributed by atoms with E-state index in [-0.39, 0.29) is 17.8 Å². The molecule has 2 atom stereocenters. The van der Waals surface area contributed by atoms with Crippen LogP contribution in [0.1, 0.15) is 42.2 Å². The maximum absolute atomic E-state index is 13.1. The molecule has 1 saturated heterocycles. The third-order valence-electron chi connectivity index (χ3n) is 4.56. The molecular weight excluding hydrogens is 309 g/mol. The number of aliphatic hydroxyl groups excluding tert-OH is 1. The standard InChI is InChI=1S/C18H22FN3O2/c1-12(23)10-16-4-3-9-21(16)18(24)17-11-20-22(13(17)2)15-7-5-14(19)6-8-15/h5-8,11-12,16,23H,3-4,9-10H2,1-2H3. The molecule has 1 fully saturated rings. The lowest BCUT2D eigenvalue weighted by molar-refractivity contribution is 0.0681. The molecule has 0 spiro atoms. The van der Waals surface area contributed by atoms with Crippen LogP contribution in [0.3, 0.4) is 0 Å². The minimum Gasteiger partial charge on any atom is -0.393 e. The highest BCUT2D eigenvalue weighted by Gasteiger charge is 2.31. The molecule has 6 heteroatoms. The second-order valence-corrected chi connectivity index (χ2v) is 6.41. The van der Waals surface area contributed by atoms with Crippen LogP contribution in [-0.2, 0) is 0 Å². The summed E-state index contributed by atoms with van der Waals surface area (Å²) in [6.45, 7) is 4.29.